The van der Waals surface area contributed by atoms with Gasteiger partial charge in [0.1, 0.15) is 17.2 Å². The van der Waals surface area contributed by atoms with Crippen LogP contribution in [-0.4, -0.2) is 10.5 Å². The van der Waals surface area contributed by atoms with E-state index in [1.165, 1.54) is 5.56 Å². The molecule has 3 aromatic heterocycles. The van der Waals surface area contributed by atoms with Gasteiger partial charge < -0.3 is 18.7 Å². The van der Waals surface area contributed by atoms with Crippen LogP contribution >= 0.6 is 0 Å². The SMILES string of the molecule is Cc1ccc(Cn2c(C(=O)NCc3ccc(C)o3)cc3occc32)cc1. The van der Waals surface area contributed by atoms with Crippen molar-refractivity contribution in [1.29, 1.82) is 0 Å². The first-order valence-electron chi connectivity index (χ1n) is 8.56. The predicted octanol–water partition coefficient (Wildman–Crippen LogP) is 4.42. The summed E-state index contributed by atoms with van der Waals surface area (Å²) in [7, 11) is 0. The number of furan rings is 2. The Kier molecular flexibility index (Phi) is 4.13. The second-order valence-electron chi connectivity index (χ2n) is 6.47. The smallest absolute Gasteiger partial charge is 0.268 e. The number of aryl methyl sites for hydroxylation is 2. The van der Waals surface area contributed by atoms with Gasteiger partial charge in [-0.2, -0.15) is 0 Å². The highest BCUT2D eigenvalue weighted by Gasteiger charge is 2.18. The Labute approximate surface area is 151 Å². The summed E-state index contributed by atoms with van der Waals surface area (Å²) in [6.07, 6.45) is 1.64. The van der Waals surface area contributed by atoms with Gasteiger partial charge in [-0.1, -0.05) is 29.8 Å². The van der Waals surface area contributed by atoms with E-state index >= 15 is 0 Å². The lowest BCUT2D eigenvalue weighted by molar-refractivity contribution is 0.0939. The number of nitrogens with zero attached hydrogens (tertiary/aromatic N) is 1. The molecule has 132 valence electrons. The summed E-state index contributed by atoms with van der Waals surface area (Å²) in [6, 6.07) is 15.7. The number of rotatable bonds is 5. The molecule has 0 bridgehead atoms. The molecule has 1 N–H and O–H groups in total. The first-order chi connectivity index (χ1) is 12.6. The summed E-state index contributed by atoms with van der Waals surface area (Å²) in [5.74, 6) is 1.41. The molecule has 4 aromatic rings. The summed E-state index contributed by atoms with van der Waals surface area (Å²) in [5.41, 5.74) is 4.52. The summed E-state index contributed by atoms with van der Waals surface area (Å²) < 4.78 is 13.0. The highest BCUT2D eigenvalue weighted by atomic mass is 16.3. The minimum absolute atomic E-state index is 0.155. The number of carbonyl (C=O) groups excluding carboxylic acids is 1. The number of hydrogen-bond donors (Lipinski definition) is 1. The van der Waals surface area contributed by atoms with Gasteiger partial charge in [-0.3, -0.25) is 4.79 Å². The highest BCUT2D eigenvalue weighted by molar-refractivity contribution is 5.97. The third-order valence-electron chi connectivity index (χ3n) is 4.44. The summed E-state index contributed by atoms with van der Waals surface area (Å²) >= 11 is 0. The third kappa shape index (κ3) is 3.16. The van der Waals surface area contributed by atoms with E-state index in [4.69, 9.17) is 8.83 Å². The molecule has 5 nitrogen and oxygen atoms in total. The normalized spacial score (nSPS) is 11.2. The molecule has 0 unspecified atom stereocenters. The molecule has 0 saturated heterocycles. The highest BCUT2D eigenvalue weighted by Crippen LogP contribution is 2.23. The van der Waals surface area contributed by atoms with E-state index in [9.17, 15) is 4.79 Å². The van der Waals surface area contributed by atoms with E-state index in [0.717, 1.165) is 22.6 Å². The Morgan fingerprint density at radius 2 is 1.88 bits per heavy atom. The summed E-state index contributed by atoms with van der Waals surface area (Å²) in [6.45, 7) is 4.89. The fraction of sp³-hybridized carbons (Fsp3) is 0.190. The van der Waals surface area contributed by atoms with Crippen LogP contribution in [0.25, 0.3) is 11.1 Å². The van der Waals surface area contributed by atoms with Crippen molar-refractivity contribution in [2.45, 2.75) is 26.9 Å². The van der Waals surface area contributed by atoms with Crippen LogP contribution in [0.3, 0.4) is 0 Å². The maximum absolute atomic E-state index is 12.7. The molecule has 0 spiro atoms. The Morgan fingerprint density at radius 1 is 1.08 bits per heavy atom. The summed E-state index contributed by atoms with van der Waals surface area (Å²) in [5, 5.41) is 2.92. The average molecular weight is 348 g/mol. The molecule has 0 aliphatic heterocycles. The lowest BCUT2D eigenvalue weighted by Crippen LogP contribution is -2.25. The van der Waals surface area contributed by atoms with Crippen molar-refractivity contribution < 1.29 is 13.6 Å². The molecular weight excluding hydrogens is 328 g/mol. The molecular formula is C21H20N2O3. The molecule has 5 heteroatoms. The second kappa shape index (κ2) is 6.59. The minimum Gasteiger partial charge on any atom is -0.465 e. The number of carbonyl (C=O) groups is 1. The predicted molar refractivity (Wildman–Crippen MR) is 99.1 cm³/mol. The molecule has 3 heterocycles. The zero-order chi connectivity index (χ0) is 18.1. The third-order valence-corrected chi connectivity index (χ3v) is 4.44. The number of aromatic nitrogens is 1. The van der Waals surface area contributed by atoms with Crippen LogP contribution in [-0.2, 0) is 13.1 Å². The van der Waals surface area contributed by atoms with Crippen molar-refractivity contribution >= 4 is 17.0 Å². The van der Waals surface area contributed by atoms with Crippen LogP contribution in [0, 0.1) is 13.8 Å². The molecule has 0 saturated carbocycles. The van der Waals surface area contributed by atoms with Gasteiger partial charge in [-0.15, -0.1) is 0 Å². The van der Waals surface area contributed by atoms with Crippen molar-refractivity contribution in [2.24, 2.45) is 0 Å². The van der Waals surface area contributed by atoms with Crippen LogP contribution in [0.2, 0.25) is 0 Å². The van der Waals surface area contributed by atoms with Crippen molar-refractivity contribution in [1.82, 2.24) is 9.88 Å². The quantitative estimate of drug-likeness (QED) is 0.581. The minimum atomic E-state index is -0.155. The number of fused-ring (bicyclic) bond motifs is 1. The largest absolute Gasteiger partial charge is 0.465 e. The van der Waals surface area contributed by atoms with Gasteiger partial charge in [0.05, 0.1) is 18.3 Å². The maximum atomic E-state index is 12.7. The molecule has 4 rings (SSSR count). The topological polar surface area (TPSA) is 60.3 Å². The maximum Gasteiger partial charge on any atom is 0.268 e. The van der Waals surface area contributed by atoms with Crippen LogP contribution in [0.1, 0.15) is 33.1 Å². The van der Waals surface area contributed by atoms with Crippen LogP contribution in [0.4, 0.5) is 0 Å². The van der Waals surface area contributed by atoms with Crippen molar-refractivity contribution in [3.63, 3.8) is 0 Å². The standard InChI is InChI=1S/C21H20N2O3/c1-14-3-6-16(7-4-14)13-23-18-9-10-25-20(18)11-19(23)21(24)22-12-17-8-5-15(2)26-17/h3-11H,12-13H2,1-2H3,(H,22,24). The van der Waals surface area contributed by atoms with E-state index in [2.05, 4.69) is 36.5 Å². The average Bonchev–Trinajstić information content (AvgIpc) is 3.32. The van der Waals surface area contributed by atoms with Gasteiger partial charge in [0, 0.05) is 18.7 Å². The van der Waals surface area contributed by atoms with E-state index in [0.29, 0.717) is 24.4 Å². The molecule has 0 radical (unpaired) electrons. The van der Waals surface area contributed by atoms with Gasteiger partial charge >= 0.3 is 0 Å². The molecule has 1 amide bonds. The molecule has 1 aromatic carbocycles. The lowest BCUT2D eigenvalue weighted by Gasteiger charge is -2.10. The van der Waals surface area contributed by atoms with Crippen molar-refractivity contribution in [3.8, 4) is 0 Å². The molecule has 26 heavy (non-hydrogen) atoms. The Hall–Kier alpha value is -3.21. The zero-order valence-electron chi connectivity index (χ0n) is 14.8. The van der Waals surface area contributed by atoms with E-state index in [1.54, 1.807) is 12.3 Å². The van der Waals surface area contributed by atoms with E-state index in [-0.39, 0.29) is 5.91 Å². The lowest BCUT2D eigenvalue weighted by atomic mass is 10.1. The van der Waals surface area contributed by atoms with Gasteiger partial charge in [-0.25, -0.2) is 0 Å². The fourth-order valence-corrected chi connectivity index (χ4v) is 3.05. The van der Waals surface area contributed by atoms with Gasteiger partial charge in [-0.05, 0) is 31.5 Å². The van der Waals surface area contributed by atoms with Gasteiger partial charge in [0.15, 0.2) is 5.58 Å². The van der Waals surface area contributed by atoms with Crippen LogP contribution in [0.15, 0.2) is 63.6 Å². The first kappa shape index (κ1) is 16.3. The summed E-state index contributed by atoms with van der Waals surface area (Å²) in [4.78, 5) is 12.7. The monoisotopic (exact) mass is 348 g/mol. The van der Waals surface area contributed by atoms with Gasteiger partial charge in [0.25, 0.3) is 5.91 Å². The van der Waals surface area contributed by atoms with Crippen molar-refractivity contribution in [2.75, 3.05) is 0 Å². The molecule has 0 fully saturated rings. The van der Waals surface area contributed by atoms with Crippen LogP contribution in [0.5, 0.6) is 0 Å². The first-order valence-corrected chi connectivity index (χ1v) is 8.56. The second-order valence-corrected chi connectivity index (χ2v) is 6.47. The van der Waals surface area contributed by atoms with Crippen molar-refractivity contribution in [3.05, 3.63) is 83.1 Å². The Bertz CT molecular complexity index is 1050. The number of hydrogen-bond acceptors (Lipinski definition) is 3. The molecule has 0 aliphatic rings. The number of amides is 1. The Morgan fingerprint density at radius 3 is 2.62 bits per heavy atom. The number of benzene rings is 1. The molecule has 0 atom stereocenters. The van der Waals surface area contributed by atoms with Crippen LogP contribution < -0.4 is 5.32 Å². The fourth-order valence-electron chi connectivity index (χ4n) is 3.05. The zero-order valence-corrected chi connectivity index (χ0v) is 14.8. The van der Waals surface area contributed by atoms with E-state index in [1.807, 2.05) is 29.7 Å². The Balaban J connectivity index is 1.60. The van der Waals surface area contributed by atoms with E-state index < -0.39 is 0 Å². The van der Waals surface area contributed by atoms with Gasteiger partial charge in [0.2, 0.25) is 0 Å². The number of nitrogens with one attached hydrogen (secondary N) is 1. The molecule has 0 aliphatic carbocycles.